The van der Waals surface area contributed by atoms with Gasteiger partial charge in [-0.3, -0.25) is 0 Å². The number of ether oxygens (including phenoxy) is 2. The molecule has 3 atom stereocenters. The molecular weight excluding hydrogens is 278 g/mol. The Morgan fingerprint density at radius 2 is 1.95 bits per heavy atom. The monoisotopic (exact) mass is 301 g/mol. The molecule has 2 unspecified atom stereocenters. The van der Waals surface area contributed by atoms with Crippen LogP contribution in [-0.4, -0.2) is 44.2 Å². The third-order valence-corrected chi connectivity index (χ3v) is 3.35. The van der Waals surface area contributed by atoms with Gasteiger partial charge in [-0.2, -0.15) is 0 Å². The molecule has 0 amide bonds. The van der Waals surface area contributed by atoms with E-state index in [9.17, 15) is 5.11 Å². The van der Waals surface area contributed by atoms with Gasteiger partial charge in [0.05, 0.1) is 25.4 Å². The number of benzene rings is 1. The summed E-state index contributed by atoms with van der Waals surface area (Å²) < 4.78 is 10.4. The fourth-order valence-corrected chi connectivity index (χ4v) is 2.17. The Balaban J connectivity index is 2.30. The number of nitrogens with one attached hydrogen (secondary N) is 1. The summed E-state index contributed by atoms with van der Waals surface area (Å²) in [6.45, 7) is 5.19. The summed E-state index contributed by atoms with van der Waals surface area (Å²) in [4.78, 5) is 0. The van der Waals surface area contributed by atoms with Crippen molar-refractivity contribution >= 4 is 11.6 Å². The fourth-order valence-electron chi connectivity index (χ4n) is 1.87. The van der Waals surface area contributed by atoms with E-state index in [1.54, 1.807) is 7.11 Å². The van der Waals surface area contributed by atoms with Crippen LogP contribution >= 0.6 is 11.6 Å². The summed E-state index contributed by atoms with van der Waals surface area (Å²) in [5.74, 6) is 0. The topological polar surface area (TPSA) is 50.7 Å². The normalized spacial score (nSPS) is 15.8. The SMILES string of the molecule is COCC(C)OCC(O)CN[C@@H](C)c1ccccc1Cl. The molecule has 0 aliphatic rings. The first-order chi connectivity index (χ1) is 9.54. The summed E-state index contributed by atoms with van der Waals surface area (Å²) >= 11 is 6.13. The second-order valence-corrected chi connectivity index (χ2v) is 5.31. The molecule has 2 N–H and O–H groups in total. The van der Waals surface area contributed by atoms with Crippen LogP contribution in [0.5, 0.6) is 0 Å². The van der Waals surface area contributed by atoms with Crippen LogP contribution in [0.15, 0.2) is 24.3 Å². The van der Waals surface area contributed by atoms with Crippen molar-refractivity contribution in [3.63, 3.8) is 0 Å². The maximum absolute atomic E-state index is 9.87. The van der Waals surface area contributed by atoms with Gasteiger partial charge < -0.3 is 19.9 Å². The number of rotatable bonds is 9. The smallest absolute Gasteiger partial charge is 0.0898 e. The number of methoxy groups -OCH3 is 1. The lowest BCUT2D eigenvalue weighted by Crippen LogP contribution is -2.33. The fraction of sp³-hybridized carbons (Fsp3) is 0.600. The summed E-state index contributed by atoms with van der Waals surface area (Å²) in [5.41, 5.74) is 1.02. The van der Waals surface area contributed by atoms with Crippen molar-refractivity contribution in [2.24, 2.45) is 0 Å². The third kappa shape index (κ3) is 6.20. The van der Waals surface area contributed by atoms with E-state index in [0.717, 1.165) is 10.6 Å². The molecule has 0 heterocycles. The lowest BCUT2D eigenvalue weighted by Gasteiger charge is -2.20. The number of halogens is 1. The average molecular weight is 302 g/mol. The van der Waals surface area contributed by atoms with Gasteiger partial charge in [-0.1, -0.05) is 29.8 Å². The lowest BCUT2D eigenvalue weighted by molar-refractivity contribution is -0.0315. The van der Waals surface area contributed by atoms with E-state index in [1.165, 1.54) is 0 Å². The standard InChI is InChI=1S/C15H24ClNO3/c1-11(9-19-3)20-10-13(18)8-17-12(2)14-6-4-5-7-15(14)16/h4-7,11-13,17-18H,8-10H2,1-3H3/t11?,12-,13?/m0/s1. The van der Waals surface area contributed by atoms with Gasteiger partial charge in [-0.05, 0) is 25.5 Å². The molecule has 1 aromatic rings. The van der Waals surface area contributed by atoms with Gasteiger partial charge >= 0.3 is 0 Å². The molecule has 0 radical (unpaired) electrons. The molecule has 0 spiro atoms. The highest BCUT2D eigenvalue weighted by atomic mass is 35.5. The predicted octanol–water partition coefficient (Wildman–Crippen LogP) is 2.40. The van der Waals surface area contributed by atoms with Crippen LogP contribution in [0.1, 0.15) is 25.5 Å². The zero-order valence-electron chi connectivity index (χ0n) is 12.3. The van der Waals surface area contributed by atoms with Crippen LogP contribution in [0.4, 0.5) is 0 Å². The minimum absolute atomic E-state index is 0.0179. The maximum atomic E-state index is 9.87. The second-order valence-electron chi connectivity index (χ2n) is 4.90. The number of aliphatic hydroxyl groups excluding tert-OH is 1. The molecule has 5 heteroatoms. The van der Waals surface area contributed by atoms with Crippen LogP contribution in [0, 0.1) is 0 Å². The molecule has 20 heavy (non-hydrogen) atoms. The van der Waals surface area contributed by atoms with Crippen LogP contribution in [-0.2, 0) is 9.47 Å². The van der Waals surface area contributed by atoms with Crippen molar-refractivity contribution in [2.75, 3.05) is 26.9 Å². The molecular formula is C15H24ClNO3. The Labute approximate surface area is 126 Å². The van der Waals surface area contributed by atoms with Gasteiger partial charge in [0.15, 0.2) is 0 Å². The zero-order valence-corrected chi connectivity index (χ0v) is 13.1. The van der Waals surface area contributed by atoms with Gasteiger partial charge in [0, 0.05) is 24.7 Å². The van der Waals surface area contributed by atoms with E-state index in [2.05, 4.69) is 5.32 Å². The Bertz CT molecular complexity index is 389. The van der Waals surface area contributed by atoms with E-state index >= 15 is 0 Å². The minimum Gasteiger partial charge on any atom is -0.389 e. The van der Waals surface area contributed by atoms with Gasteiger partial charge in [0.25, 0.3) is 0 Å². The van der Waals surface area contributed by atoms with Crippen molar-refractivity contribution in [3.8, 4) is 0 Å². The highest BCUT2D eigenvalue weighted by Gasteiger charge is 2.12. The molecule has 4 nitrogen and oxygen atoms in total. The summed E-state index contributed by atoms with van der Waals surface area (Å²) in [7, 11) is 1.63. The highest BCUT2D eigenvalue weighted by molar-refractivity contribution is 6.31. The van der Waals surface area contributed by atoms with Crippen LogP contribution in [0.25, 0.3) is 0 Å². The van der Waals surface area contributed by atoms with Gasteiger partial charge in [-0.15, -0.1) is 0 Å². The van der Waals surface area contributed by atoms with Gasteiger partial charge in [0.1, 0.15) is 0 Å². The van der Waals surface area contributed by atoms with Crippen molar-refractivity contribution in [2.45, 2.75) is 32.1 Å². The van der Waals surface area contributed by atoms with Crippen molar-refractivity contribution < 1.29 is 14.6 Å². The molecule has 114 valence electrons. The lowest BCUT2D eigenvalue weighted by atomic mass is 10.1. The molecule has 0 saturated carbocycles. The molecule has 0 fully saturated rings. The van der Waals surface area contributed by atoms with Crippen molar-refractivity contribution in [3.05, 3.63) is 34.9 Å². The summed E-state index contributed by atoms with van der Waals surface area (Å²) in [5, 5.41) is 13.8. The van der Waals surface area contributed by atoms with E-state index in [4.69, 9.17) is 21.1 Å². The summed E-state index contributed by atoms with van der Waals surface area (Å²) in [6.07, 6.45) is -0.574. The number of hydrogen-bond acceptors (Lipinski definition) is 4. The molecule has 0 bridgehead atoms. The molecule has 0 aliphatic carbocycles. The molecule has 1 aromatic carbocycles. The first-order valence-corrected chi connectivity index (χ1v) is 7.18. The third-order valence-electron chi connectivity index (χ3n) is 3.01. The molecule has 0 aliphatic heterocycles. The summed E-state index contributed by atoms with van der Waals surface area (Å²) in [6, 6.07) is 7.77. The highest BCUT2D eigenvalue weighted by Crippen LogP contribution is 2.21. The Morgan fingerprint density at radius 1 is 1.25 bits per heavy atom. The van der Waals surface area contributed by atoms with Gasteiger partial charge in [-0.25, -0.2) is 0 Å². The Hall–Kier alpha value is -0.650. The average Bonchev–Trinajstić information content (AvgIpc) is 2.43. The zero-order chi connectivity index (χ0) is 15.0. The largest absolute Gasteiger partial charge is 0.389 e. The first-order valence-electron chi connectivity index (χ1n) is 6.81. The van der Waals surface area contributed by atoms with E-state index in [-0.39, 0.29) is 18.8 Å². The Morgan fingerprint density at radius 3 is 2.60 bits per heavy atom. The van der Waals surface area contributed by atoms with Crippen LogP contribution in [0.2, 0.25) is 5.02 Å². The number of aliphatic hydroxyl groups is 1. The Kier molecular flexibility index (Phi) is 8.11. The maximum Gasteiger partial charge on any atom is 0.0898 e. The van der Waals surface area contributed by atoms with Crippen molar-refractivity contribution in [1.29, 1.82) is 0 Å². The first kappa shape index (κ1) is 17.4. The van der Waals surface area contributed by atoms with E-state index in [1.807, 2.05) is 38.1 Å². The van der Waals surface area contributed by atoms with Crippen molar-refractivity contribution in [1.82, 2.24) is 5.32 Å². The molecule has 1 rings (SSSR count). The molecule has 0 aromatic heterocycles. The quantitative estimate of drug-likeness (QED) is 0.735. The van der Waals surface area contributed by atoms with Gasteiger partial charge in [0.2, 0.25) is 0 Å². The van der Waals surface area contributed by atoms with E-state index in [0.29, 0.717) is 13.2 Å². The van der Waals surface area contributed by atoms with Crippen LogP contribution in [0.3, 0.4) is 0 Å². The second kappa shape index (κ2) is 9.32. The van der Waals surface area contributed by atoms with Crippen LogP contribution < -0.4 is 5.32 Å². The number of hydrogen-bond donors (Lipinski definition) is 2. The van der Waals surface area contributed by atoms with E-state index < -0.39 is 6.10 Å². The predicted molar refractivity (Wildman–Crippen MR) is 81.2 cm³/mol. The molecule has 0 saturated heterocycles. The minimum atomic E-state index is -0.556.